The Hall–Kier alpha value is -3.53. The molecule has 2 aliphatic rings. The van der Waals surface area contributed by atoms with Gasteiger partial charge in [-0.15, -0.1) is 0 Å². The van der Waals surface area contributed by atoms with Gasteiger partial charge in [0.05, 0.1) is 13.2 Å². The first-order valence-corrected chi connectivity index (χ1v) is 13.5. The van der Waals surface area contributed by atoms with E-state index in [-0.39, 0.29) is 48.6 Å². The van der Waals surface area contributed by atoms with Crippen molar-refractivity contribution in [3.8, 4) is 5.75 Å². The number of nitrogens with one attached hydrogen (secondary N) is 1. The molecule has 1 aliphatic heterocycles. The lowest BCUT2D eigenvalue weighted by Gasteiger charge is -2.42. The van der Waals surface area contributed by atoms with Gasteiger partial charge in [-0.05, 0) is 67.5 Å². The second-order valence-corrected chi connectivity index (χ2v) is 11.2. The van der Waals surface area contributed by atoms with E-state index in [1.54, 1.807) is 26.0 Å². The molecule has 1 fully saturated rings. The zero-order chi connectivity index (χ0) is 29.2. The van der Waals surface area contributed by atoms with Crippen molar-refractivity contribution >= 4 is 23.5 Å². The SMILES string of the molecule is CCOc1ccc2c(c1)CCN(C(=O)[C@H]1C[C@@H](CC(=O)O)C1)[C@H]2C(=O)Nc1cc(F)c(C(C)(C)COC)c(F)c1. The van der Waals surface area contributed by atoms with Crippen LogP contribution in [-0.2, 0) is 31.0 Å². The standard InChI is InChI=1S/C30H36F2N2O6/c1-5-40-21-6-7-22-18(13-21)8-9-34(29(38)19-10-17(11-19)12-25(35)36)27(22)28(37)33-20-14-23(31)26(24(32)15-20)30(2,3)16-39-4/h6-7,13-15,17,19,27H,5,8-12,16H2,1-4H3,(H,33,37)(H,35,36)/t17-,19+,27-/m1/s1. The van der Waals surface area contributed by atoms with Gasteiger partial charge in [-0.3, -0.25) is 14.4 Å². The van der Waals surface area contributed by atoms with Gasteiger partial charge in [0.15, 0.2) is 0 Å². The molecule has 1 aliphatic carbocycles. The van der Waals surface area contributed by atoms with E-state index in [0.717, 1.165) is 17.7 Å². The summed E-state index contributed by atoms with van der Waals surface area (Å²) in [5.74, 6) is -3.14. The minimum atomic E-state index is -1.03. The summed E-state index contributed by atoms with van der Waals surface area (Å²) in [7, 11) is 1.45. The zero-order valence-corrected chi connectivity index (χ0v) is 23.3. The van der Waals surface area contributed by atoms with Gasteiger partial charge in [-0.1, -0.05) is 19.9 Å². The quantitative estimate of drug-likeness (QED) is 0.432. The number of halogens is 2. The van der Waals surface area contributed by atoms with Crippen LogP contribution in [0.4, 0.5) is 14.5 Å². The van der Waals surface area contributed by atoms with E-state index in [1.165, 1.54) is 12.0 Å². The summed E-state index contributed by atoms with van der Waals surface area (Å²) in [5, 5.41) is 11.7. The molecule has 2 aromatic carbocycles. The smallest absolute Gasteiger partial charge is 0.303 e. The second-order valence-electron chi connectivity index (χ2n) is 11.2. The average molecular weight is 559 g/mol. The van der Waals surface area contributed by atoms with Gasteiger partial charge in [0.2, 0.25) is 5.91 Å². The fourth-order valence-corrected chi connectivity index (χ4v) is 5.90. The second kappa shape index (κ2) is 11.9. The third-order valence-electron chi connectivity index (χ3n) is 7.73. The van der Waals surface area contributed by atoms with E-state index < -0.39 is 35.0 Å². The van der Waals surface area contributed by atoms with Gasteiger partial charge in [-0.2, -0.15) is 0 Å². The van der Waals surface area contributed by atoms with Crippen molar-refractivity contribution in [2.24, 2.45) is 11.8 Å². The number of ether oxygens (including phenoxy) is 2. The molecule has 0 unspecified atom stereocenters. The molecule has 0 radical (unpaired) electrons. The van der Waals surface area contributed by atoms with Gasteiger partial charge in [0, 0.05) is 42.7 Å². The molecule has 10 heteroatoms. The third-order valence-corrected chi connectivity index (χ3v) is 7.73. The number of methoxy groups -OCH3 is 1. The van der Waals surface area contributed by atoms with Crippen LogP contribution >= 0.6 is 0 Å². The third kappa shape index (κ3) is 6.11. The Morgan fingerprint density at radius 1 is 1.12 bits per heavy atom. The number of anilines is 1. The van der Waals surface area contributed by atoms with Crippen molar-refractivity contribution in [3.05, 3.63) is 58.7 Å². The van der Waals surface area contributed by atoms with Crippen molar-refractivity contribution in [3.63, 3.8) is 0 Å². The Morgan fingerprint density at radius 2 is 1.80 bits per heavy atom. The highest BCUT2D eigenvalue weighted by Crippen LogP contribution is 2.41. The van der Waals surface area contributed by atoms with E-state index >= 15 is 8.78 Å². The number of benzene rings is 2. The number of aliphatic carboxylic acids is 1. The minimum Gasteiger partial charge on any atom is -0.494 e. The van der Waals surface area contributed by atoms with E-state index in [9.17, 15) is 14.4 Å². The lowest BCUT2D eigenvalue weighted by atomic mass is 9.72. The van der Waals surface area contributed by atoms with Gasteiger partial charge in [0.1, 0.15) is 23.4 Å². The fourth-order valence-electron chi connectivity index (χ4n) is 5.90. The van der Waals surface area contributed by atoms with E-state index in [4.69, 9.17) is 14.6 Å². The molecular formula is C30H36F2N2O6. The molecule has 2 amide bonds. The van der Waals surface area contributed by atoms with Crippen LogP contribution in [0.25, 0.3) is 0 Å². The van der Waals surface area contributed by atoms with Crippen LogP contribution in [-0.4, -0.2) is 54.7 Å². The van der Waals surface area contributed by atoms with Crippen LogP contribution in [0.15, 0.2) is 30.3 Å². The number of amides is 2. The Bertz CT molecular complexity index is 1270. The molecule has 0 saturated heterocycles. The molecule has 1 heterocycles. The fraction of sp³-hybridized carbons (Fsp3) is 0.500. The van der Waals surface area contributed by atoms with Gasteiger partial charge < -0.3 is 24.8 Å². The van der Waals surface area contributed by atoms with Gasteiger partial charge >= 0.3 is 5.97 Å². The summed E-state index contributed by atoms with van der Waals surface area (Å²) < 4.78 is 40.9. The van der Waals surface area contributed by atoms with Crippen LogP contribution in [0.3, 0.4) is 0 Å². The maximum Gasteiger partial charge on any atom is 0.303 e. The first-order chi connectivity index (χ1) is 18.9. The molecule has 1 atom stereocenters. The van der Waals surface area contributed by atoms with Gasteiger partial charge in [-0.25, -0.2) is 8.78 Å². The van der Waals surface area contributed by atoms with Crippen molar-refractivity contribution in [2.45, 2.75) is 57.9 Å². The van der Waals surface area contributed by atoms with Crippen molar-refractivity contribution in [1.29, 1.82) is 0 Å². The van der Waals surface area contributed by atoms with E-state index in [1.807, 2.05) is 13.0 Å². The van der Waals surface area contributed by atoms with Crippen molar-refractivity contribution in [1.82, 2.24) is 4.90 Å². The molecule has 0 aromatic heterocycles. The molecular weight excluding hydrogens is 522 g/mol. The Kier molecular flexibility index (Phi) is 8.77. The number of carbonyl (C=O) groups excluding carboxylic acids is 2. The Labute approximate surface area is 232 Å². The molecule has 2 N–H and O–H groups in total. The number of carboxylic acids is 1. The highest BCUT2D eigenvalue weighted by Gasteiger charge is 2.43. The topological polar surface area (TPSA) is 105 Å². The van der Waals surface area contributed by atoms with Crippen molar-refractivity contribution in [2.75, 3.05) is 32.2 Å². The van der Waals surface area contributed by atoms with Gasteiger partial charge in [0.25, 0.3) is 5.91 Å². The molecule has 216 valence electrons. The molecule has 40 heavy (non-hydrogen) atoms. The van der Waals surface area contributed by atoms with Crippen LogP contribution in [0.5, 0.6) is 5.75 Å². The summed E-state index contributed by atoms with van der Waals surface area (Å²) in [6.07, 6.45) is 1.40. The molecule has 0 spiro atoms. The first-order valence-electron chi connectivity index (χ1n) is 13.5. The highest BCUT2D eigenvalue weighted by atomic mass is 19.1. The summed E-state index contributed by atoms with van der Waals surface area (Å²) in [6, 6.07) is 6.44. The minimum absolute atomic E-state index is 0.00500. The molecule has 8 nitrogen and oxygen atoms in total. The number of hydrogen-bond acceptors (Lipinski definition) is 5. The highest BCUT2D eigenvalue weighted by molar-refractivity contribution is 5.99. The Morgan fingerprint density at radius 3 is 2.40 bits per heavy atom. The molecule has 2 aromatic rings. The number of carboxylic acid groups (broad SMARTS) is 1. The largest absolute Gasteiger partial charge is 0.494 e. The number of rotatable bonds is 10. The first kappa shape index (κ1) is 29.5. The Balaban J connectivity index is 1.62. The monoisotopic (exact) mass is 558 g/mol. The average Bonchev–Trinajstić information content (AvgIpc) is 2.84. The van der Waals surface area contributed by atoms with Crippen molar-refractivity contribution < 1.29 is 37.7 Å². The summed E-state index contributed by atoms with van der Waals surface area (Å²) >= 11 is 0. The maximum atomic E-state index is 15.1. The molecule has 0 bridgehead atoms. The zero-order valence-electron chi connectivity index (χ0n) is 23.3. The predicted octanol–water partition coefficient (Wildman–Crippen LogP) is 4.85. The lowest BCUT2D eigenvalue weighted by molar-refractivity contribution is -0.149. The summed E-state index contributed by atoms with van der Waals surface area (Å²) in [5.41, 5.74) is 0.322. The van der Waals surface area contributed by atoms with Crippen LogP contribution in [0, 0.1) is 23.5 Å². The number of carbonyl (C=O) groups is 3. The van der Waals surface area contributed by atoms with E-state index in [2.05, 4.69) is 5.32 Å². The van der Waals surface area contributed by atoms with Crippen LogP contribution in [0.2, 0.25) is 0 Å². The number of fused-ring (bicyclic) bond motifs is 1. The van der Waals surface area contributed by atoms with Crippen LogP contribution < -0.4 is 10.1 Å². The predicted molar refractivity (Wildman–Crippen MR) is 144 cm³/mol. The van der Waals surface area contributed by atoms with Crippen LogP contribution in [0.1, 0.15) is 62.8 Å². The maximum absolute atomic E-state index is 15.1. The van der Waals surface area contributed by atoms with E-state index in [0.29, 0.717) is 37.2 Å². The summed E-state index contributed by atoms with van der Waals surface area (Å²) in [6.45, 7) is 6.04. The number of hydrogen-bond donors (Lipinski definition) is 2. The number of nitrogens with zero attached hydrogens (tertiary/aromatic N) is 1. The molecule has 1 saturated carbocycles. The molecule has 4 rings (SSSR count). The lowest BCUT2D eigenvalue weighted by Crippen LogP contribution is -2.50. The summed E-state index contributed by atoms with van der Waals surface area (Å²) in [4.78, 5) is 39.8. The normalized spacial score (nSPS) is 20.4.